The molecule has 0 aliphatic heterocycles. The fraction of sp³-hybridized carbons (Fsp3) is 1.00. The Morgan fingerprint density at radius 3 is 1.95 bits per heavy atom. The molecular formula is C16H34N2O. The minimum Gasteiger partial charge on any atom is -0.383 e. The van der Waals surface area contributed by atoms with Gasteiger partial charge >= 0.3 is 0 Å². The highest BCUT2D eigenvalue weighted by Gasteiger charge is 2.49. The summed E-state index contributed by atoms with van der Waals surface area (Å²) in [5, 5.41) is 0. The number of hydrogen-bond donors (Lipinski definition) is 1. The third-order valence-electron chi connectivity index (χ3n) is 4.77. The number of hydrogen-bond acceptors (Lipinski definition) is 3. The lowest BCUT2D eigenvalue weighted by Crippen LogP contribution is -2.62. The van der Waals surface area contributed by atoms with Crippen LogP contribution in [0.25, 0.3) is 0 Å². The Morgan fingerprint density at radius 2 is 1.58 bits per heavy atom. The normalized spacial score (nSPS) is 26.4. The molecule has 114 valence electrons. The van der Waals surface area contributed by atoms with Crippen LogP contribution < -0.4 is 5.73 Å². The number of nitrogens with zero attached hydrogens (tertiary/aromatic N) is 1. The Morgan fingerprint density at radius 1 is 1.11 bits per heavy atom. The minimum atomic E-state index is 0.100. The van der Waals surface area contributed by atoms with E-state index in [1.807, 2.05) is 0 Å². The van der Waals surface area contributed by atoms with Crippen LogP contribution in [0, 0.1) is 10.8 Å². The third-order valence-corrected chi connectivity index (χ3v) is 4.77. The van der Waals surface area contributed by atoms with Crippen LogP contribution in [-0.2, 0) is 4.74 Å². The van der Waals surface area contributed by atoms with Crippen molar-refractivity contribution in [3.8, 4) is 0 Å². The zero-order valence-electron chi connectivity index (χ0n) is 14.0. The summed E-state index contributed by atoms with van der Waals surface area (Å²) < 4.78 is 5.33. The smallest absolute Gasteiger partial charge is 0.0615 e. The van der Waals surface area contributed by atoms with Crippen molar-refractivity contribution in [3.63, 3.8) is 0 Å². The van der Waals surface area contributed by atoms with E-state index in [1.54, 1.807) is 7.11 Å². The van der Waals surface area contributed by atoms with Gasteiger partial charge in [-0.25, -0.2) is 0 Å². The molecule has 1 saturated carbocycles. The Hall–Kier alpha value is -0.120. The Labute approximate surface area is 119 Å². The topological polar surface area (TPSA) is 38.5 Å². The summed E-state index contributed by atoms with van der Waals surface area (Å²) in [6.45, 7) is 13.2. The summed E-state index contributed by atoms with van der Waals surface area (Å²) in [7, 11) is 3.99. The van der Waals surface area contributed by atoms with Crippen LogP contribution in [0.3, 0.4) is 0 Å². The van der Waals surface area contributed by atoms with Crippen molar-refractivity contribution in [1.82, 2.24) is 4.90 Å². The average Bonchev–Trinajstić information content (AvgIpc) is 2.24. The largest absolute Gasteiger partial charge is 0.383 e. The minimum absolute atomic E-state index is 0.100. The van der Waals surface area contributed by atoms with E-state index in [1.165, 1.54) is 19.3 Å². The van der Waals surface area contributed by atoms with E-state index < -0.39 is 0 Å². The first-order chi connectivity index (χ1) is 8.57. The van der Waals surface area contributed by atoms with Crippen molar-refractivity contribution in [2.24, 2.45) is 16.6 Å². The quantitative estimate of drug-likeness (QED) is 0.835. The van der Waals surface area contributed by atoms with Gasteiger partial charge in [0.1, 0.15) is 0 Å². The van der Waals surface area contributed by atoms with E-state index in [2.05, 4.69) is 46.6 Å². The zero-order chi connectivity index (χ0) is 14.9. The molecule has 0 bridgehead atoms. The van der Waals surface area contributed by atoms with E-state index in [0.29, 0.717) is 16.9 Å². The van der Waals surface area contributed by atoms with Crippen molar-refractivity contribution in [3.05, 3.63) is 0 Å². The molecule has 1 unspecified atom stereocenters. The van der Waals surface area contributed by atoms with Crippen molar-refractivity contribution >= 4 is 0 Å². The van der Waals surface area contributed by atoms with Crippen LogP contribution >= 0.6 is 0 Å². The van der Waals surface area contributed by atoms with Gasteiger partial charge in [-0.1, -0.05) is 27.7 Å². The summed E-state index contributed by atoms with van der Waals surface area (Å²) in [6.07, 6.45) is 3.61. The van der Waals surface area contributed by atoms with Gasteiger partial charge in [-0.3, -0.25) is 4.90 Å². The number of ether oxygens (including phenoxy) is 1. The molecule has 1 fully saturated rings. The molecule has 0 aromatic carbocycles. The van der Waals surface area contributed by atoms with Gasteiger partial charge in [0.2, 0.25) is 0 Å². The molecule has 0 radical (unpaired) electrons. The number of methoxy groups -OCH3 is 1. The van der Waals surface area contributed by atoms with Gasteiger partial charge in [-0.2, -0.15) is 0 Å². The first kappa shape index (κ1) is 16.9. The molecule has 1 aliphatic carbocycles. The molecule has 1 atom stereocenters. The van der Waals surface area contributed by atoms with Crippen molar-refractivity contribution in [1.29, 1.82) is 0 Å². The fourth-order valence-electron chi connectivity index (χ4n) is 4.62. The summed E-state index contributed by atoms with van der Waals surface area (Å²) >= 11 is 0. The molecule has 1 rings (SSSR count). The molecule has 0 aromatic rings. The van der Waals surface area contributed by atoms with Crippen LogP contribution in [0.1, 0.15) is 53.9 Å². The number of rotatable bonds is 5. The highest BCUT2D eigenvalue weighted by Crippen LogP contribution is 2.51. The van der Waals surface area contributed by atoms with E-state index in [0.717, 1.165) is 13.2 Å². The maximum Gasteiger partial charge on any atom is 0.0615 e. The first-order valence-corrected chi connectivity index (χ1v) is 7.49. The molecule has 3 nitrogen and oxygen atoms in total. The lowest BCUT2D eigenvalue weighted by Gasteiger charge is -2.56. The molecule has 2 N–H and O–H groups in total. The van der Waals surface area contributed by atoms with Crippen LogP contribution in [0.4, 0.5) is 0 Å². The standard InChI is InChI=1S/C16H34N2O/c1-13(8-19-7)18(6)16(12-17)10-14(2,3)9-15(4,5)11-16/h13H,8-12,17H2,1-7H3. The van der Waals surface area contributed by atoms with Crippen molar-refractivity contribution < 1.29 is 4.74 Å². The predicted octanol–water partition coefficient (Wildman–Crippen LogP) is 2.89. The van der Waals surface area contributed by atoms with E-state index >= 15 is 0 Å². The second kappa shape index (κ2) is 5.71. The average molecular weight is 270 g/mol. The molecule has 1 aliphatic rings. The first-order valence-electron chi connectivity index (χ1n) is 7.49. The number of likely N-dealkylation sites (N-methyl/N-ethyl adjacent to an activating group) is 1. The monoisotopic (exact) mass is 270 g/mol. The lowest BCUT2D eigenvalue weighted by molar-refractivity contribution is -0.0580. The SMILES string of the molecule is COCC(C)N(C)C1(CN)CC(C)(C)CC(C)(C)C1. The molecule has 0 amide bonds. The maximum atomic E-state index is 6.23. The molecule has 0 saturated heterocycles. The molecule has 0 heterocycles. The Bertz CT molecular complexity index is 283. The van der Waals surface area contributed by atoms with Crippen LogP contribution in [-0.4, -0.2) is 43.8 Å². The van der Waals surface area contributed by atoms with Crippen LogP contribution in [0.15, 0.2) is 0 Å². The van der Waals surface area contributed by atoms with E-state index in [9.17, 15) is 0 Å². The molecular weight excluding hydrogens is 236 g/mol. The fourth-order valence-corrected chi connectivity index (χ4v) is 4.62. The van der Waals surface area contributed by atoms with Crippen LogP contribution in [0.2, 0.25) is 0 Å². The van der Waals surface area contributed by atoms with Gasteiger partial charge < -0.3 is 10.5 Å². The summed E-state index contributed by atoms with van der Waals surface area (Å²) in [4.78, 5) is 2.47. The summed E-state index contributed by atoms with van der Waals surface area (Å²) in [5.41, 5.74) is 7.03. The molecule has 0 aromatic heterocycles. The van der Waals surface area contributed by atoms with E-state index in [-0.39, 0.29) is 5.54 Å². The van der Waals surface area contributed by atoms with Gasteiger partial charge in [0, 0.05) is 25.2 Å². The van der Waals surface area contributed by atoms with Gasteiger partial charge in [0.05, 0.1) is 6.61 Å². The highest BCUT2D eigenvalue weighted by atomic mass is 16.5. The zero-order valence-corrected chi connectivity index (χ0v) is 14.0. The van der Waals surface area contributed by atoms with Gasteiger partial charge in [-0.05, 0) is 44.1 Å². The summed E-state index contributed by atoms with van der Waals surface area (Å²) in [5.74, 6) is 0. The van der Waals surface area contributed by atoms with Gasteiger partial charge in [0.25, 0.3) is 0 Å². The maximum absolute atomic E-state index is 6.23. The second-order valence-corrected chi connectivity index (χ2v) is 8.20. The summed E-state index contributed by atoms with van der Waals surface area (Å²) in [6, 6.07) is 0.401. The van der Waals surface area contributed by atoms with Gasteiger partial charge in [0.15, 0.2) is 0 Å². The Kier molecular flexibility index (Phi) is 5.09. The molecule has 3 heteroatoms. The Balaban J connectivity index is 3.01. The lowest BCUT2D eigenvalue weighted by atomic mass is 9.58. The van der Waals surface area contributed by atoms with Crippen molar-refractivity contribution in [2.75, 3.05) is 27.3 Å². The van der Waals surface area contributed by atoms with E-state index in [4.69, 9.17) is 10.5 Å². The molecule has 19 heavy (non-hydrogen) atoms. The van der Waals surface area contributed by atoms with Crippen LogP contribution in [0.5, 0.6) is 0 Å². The number of nitrogens with two attached hydrogens (primary N) is 1. The second-order valence-electron chi connectivity index (χ2n) is 8.20. The van der Waals surface area contributed by atoms with Gasteiger partial charge in [-0.15, -0.1) is 0 Å². The molecule has 0 spiro atoms. The predicted molar refractivity (Wildman–Crippen MR) is 82.3 cm³/mol. The highest BCUT2D eigenvalue weighted by molar-refractivity contribution is 5.04. The van der Waals surface area contributed by atoms with Crippen molar-refractivity contribution in [2.45, 2.75) is 65.5 Å². The third kappa shape index (κ3) is 3.93.